The van der Waals surface area contributed by atoms with Crippen LogP contribution >= 0.6 is 0 Å². The fourth-order valence-electron chi connectivity index (χ4n) is 4.38. The van der Waals surface area contributed by atoms with E-state index in [0.717, 1.165) is 32.0 Å². The molecule has 1 heterocycles. The summed E-state index contributed by atoms with van der Waals surface area (Å²) in [5, 5.41) is 0. The Kier molecular flexibility index (Phi) is 6.41. The van der Waals surface area contributed by atoms with Crippen molar-refractivity contribution < 1.29 is 4.74 Å². The molecule has 1 aliphatic rings. The molecule has 0 aliphatic carbocycles. The molecular weight excluding hydrogens is 342 g/mol. The molecule has 0 aromatic heterocycles. The summed E-state index contributed by atoms with van der Waals surface area (Å²) >= 11 is 0. The third-order valence-corrected chi connectivity index (χ3v) is 5.84. The minimum atomic E-state index is 0.491. The van der Waals surface area contributed by atoms with Crippen LogP contribution in [0.25, 0.3) is 0 Å². The summed E-state index contributed by atoms with van der Waals surface area (Å²) in [6.45, 7) is 4.07. The Balaban J connectivity index is 1.35. The highest BCUT2D eigenvalue weighted by Crippen LogP contribution is 2.37. The summed E-state index contributed by atoms with van der Waals surface area (Å²) in [5.41, 5.74) is 2.89. The predicted molar refractivity (Wildman–Crippen MR) is 116 cm³/mol. The summed E-state index contributed by atoms with van der Waals surface area (Å²) in [6, 6.07) is 32.2. The van der Waals surface area contributed by atoms with Gasteiger partial charge in [0.25, 0.3) is 0 Å². The molecule has 144 valence electrons. The van der Waals surface area contributed by atoms with Gasteiger partial charge < -0.3 is 4.74 Å². The number of rotatable bonds is 7. The zero-order valence-electron chi connectivity index (χ0n) is 16.4. The molecule has 28 heavy (non-hydrogen) atoms. The van der Waals surface area contributed by atoms with Crippen molar-refractivity contribution in [3.8, 4) is 5.75 Å². The highest BCUT2D eigenvalue weighted by atomic mass is 16.5. The largest absolute Gasteiger partial charge is 0.492 e. The third kappa shape index (κ3) is 4.82. The Bertz CT molecular complexity index is 771. The fraction of sp³-hybridized carbons (Fsp3) is 0.308. The highest BCUT2D eigenvalue weighted by Gasteiger charge is 2.28. The molecule has 0 saturated carbocycles. The van der Waals surface area contributed by atoms with Gasteiger partial charge in [-0.25, -0.2) is 0 Å². The molecule has 2 heteroatoms. The lowest BCUT2D eigenvalue weighted by Crippen LogP contribution is -2.38. The second kappa shape index (κ2) is 9.57. The van der Waals surface area contributed by atoms with Gasteiger partial charge in [-0.3, -0.25) is 4.90 Å². The van der Waals surface area contributed by atoms with Crippen molar-refractivity contribution in [1.29, 1.82) is 0 Å². The van der Waals surface area contributed by atoms with Gasteiger partial charge in [-0.1, -0.05) is 78.9 Å². The first-order valence-corrected chi connectivity index (χ1v) is 10.4. The Hall–Kier alpha value is -2.58. The van der Waals surface area contributed by atoms with Crippen molar-refractivity contribution in [1.82, 2.24) is 4.90 Å². The minimum absolute atomic E-state index is 0.491. The first-order chi connectivity index (χ1) is 13.9. The van der Waals surface area contributed by atoms with Crippen LogP contribution in [0, 0.1) is 5.92 Å². The van der Waals surface area contributed by atoms with E-state index < -0.39 is 0 Å². The molecular formula is C26H29NO. The van der Waals surface area contributed by atoms with E-state index >= 15 is 0 Å². The number of hydrogen-bond donors (Lipinski definition) is 0. The lowest BCUT2D eigenvalue weighted by atomic mass is 9.76. The lowest BCUT2D eigenvalue weighted by molar-refractivity contribution is 0.149. The van der Waals surface area contributed by atoms with Crippen molar-refractivity contribution in [2.24, 2.45) is 5.92 Å². The normalized spacial score (nSPS) is 15.6. The van der Waals surface area contributed by atoms with E-state index in [-0.39, 0.29) is 0 Å². The predicted octanol–water partition coefficient (Wildman–Crippen LogP) is 5.61. The molecule has 4 rings (SSSR count). The quantitative estimate of drug-likeness (QED) is 0.535. The van der Waals surface area contributed by atoms with E-state index in [4.69, 9.17) is 4.74 Å². The molecule has 0 bridgehead atoms. The van der Waals surface area contributed by atoms with Gasteiger partial charge in [-0.05, 0) is 55.1 Å². The average Bonchev–Trinajstić information content (AvgIpc) is 2.77. The van der Waals surface area contributed by atoms with Crippen LogP contribution in [0.15, 0.2) is 91.0 Å². The van der Waals surface area contributed by atoms with Crippen LogP contribution in [0.5, 0.6) is 5.75 Å². The van der Waals surface area contributed by atoms with Gasteiger partial charge in [0.15, 0.2) is 0 Å². The van der Waals surface area contributed by atoms with E-state index in [0.29, 0.717) is 11.8 Å². The van der Waals surface area contributed by atoms with E-state index in [9.17, 15) is 0 Å². The molecule has 0 radical (unpaired) electrons. The van der Waals surface area contributed by atoms with E-state index in [1.54, 1.807) is 0 Å². The molecule has 0 spiro atoms. The minimum Gasteiger partial charge on any atom is -0.492 e. The summed E-state index contributed by atoms with van der Waals surface area (Å²) in [6.07, 6.45) is 2.47. The number of piperidine rings is 1. The van der Waals surface area contributed by atoms with Gasteiger partial charge in [0.05, 0.1) is 0 Å². The number of nitrogens with zero attached hydrogens (tertiary/aromatic N) is 1. The maximum absolute atomic E-state index is 5.88. The number of para-hydroxylation sites is 1. The third-order valence-electron chi connectivity index (χ3n) is 5.84. The zero-order chi connectivity index (χ0) is 19.0. The molecule has 3 aromatic rings. The van der Waals surface area contributed by atoms with E-state index in [2.05, 4.69) is 65.6 Å². The van der Waals surface area contributed by atoms with Gasteiger partial charge in [-0.2, -0.15) is 0 Å². The molecule has 0 unspecified atom stereocenters. The summed E-state index contributed by atoms with van der Waals surface area (Å²) in [5.74, 6) is 2.15. The summed E-state index contributed by atoms with van der Waals surface area (Å²) in [7, 11) is 0. The van der Waals surface area contributed by atoms with Gasteiger partial charge >= 0.3 is 0 Å². The monoisotopic (exact) mass is 371 g/mol. The Morgan fingerprint density at radius 2 is 1.21 bits per heavy atom. The van der Waals surface area contributed by atoms with Crippen LogP contribution in [-0.4, -0.2) is 31.1 Å². The Morgan fingerprint density at radius 3 is 1.75 bits per heavy atom. The van der Waals surface area contributed by atoms with Crippen LogP contribution in [0.1, 0.15) is 29.9 Å². The van der Waals surface area contributed by atoms with Crippen LogP contribution in [0.2, 0.25) is 0 Å². The van der Waals surface area contributed by atoms with Crippen molar-refractivity contribution in [3.05, 3.63) is 102 Å². The molecule has 1 aliphatic heterocycles. The molecule has 1 fully saturated rings. The van der Waals surface area contributed by atoms with Crippen molar-refractivity contribution in [2.75, 3.05) is 26.2 Å². The molecule has 0 atom stereocenters. The van der Waals surface area contributed by atoms with Crippen LogP contribution in [0.4, 0.5) is 0 Å². The number of hydrogen-bond acceptors (Lipinski definition) is 2. The summed E-state index contributed by atoms with van der Waals surface area (Å²) < 4.78 is 5.88. The molecule has 0 N–H and O–H groups in total. The van der Waals surface area contributed by atoms with Gasteiger partial charge in [0.1, 0.15) is 12.4 Å². The smallest absolute Gasteiger partial charge is 0.119 e. The molecule has 2 nitrogen and oxygen atoms in total. The maximum atomic E-state index is 5.88. The second-order valence-electron chi connectivity index (χ2n) is 7.64. The Morgan fingerprint density at radius 1 is 0.714 bits per heavy atom. The number of ether oxygens (including phenoxy) is 1. The molecule has 0 amide bonds. The highest BCUT2D eigenvalue weighted by molar-refractivity contribution is 5.33. The summed E-state index contributed by atoms with van der Waals surface area (Å²) in [4.78, 5) is 2.55. The zero-order valence-corrected chi connectivity index (χ0v) is 16.4. The Labute approximate surface area is 168 Å². The maximum Gasteiger partial charge on any atom is 0.119 e. The fourth-order valence-corrected chi connectivity index (χ4v) is 4.38. The van der Waals surface area contributed by atoms with Crippen molar-refractivity contribution in [3.63, 3.8) is 0 Å². The van der Waals surface area contributed by atoms with Gasteiger partial charge in [-0.15, -0.1) is 0 Å². The van der Waals surface area contributed by atoms with Crippen LogP contribution in [0.3, 0.4) is 0 Å². The van der Waals surface area contributed by atoms with Gasteiger partial charge in [0, 0.05) is 12.5 Å². The van der Waals surface area contributed by atoms with Crippen molar-refractivity contribution in [2.45, 2.75) is 18.8 Å². The van der Waals surface area contributed by atoms with Crippen LogP contribution in [-0.2, 0) is 0 Å². The van der Waals surface area contributed by atoms with Crippen molar-refractivity contribution >= 4 is 0 Å². The first-order valence-electron chi connectivity index (χ1n) is 10.4. The molecule has 3 aromatic carbocycles. The average molecular weight is 372 g/mol. The van der Waals surface area contributed by atoms with Crippen LogP contribution < -0.4 is 4.74 Å². The topological polar surface area (TPSA) is 12.5 Å². The number of benzene rings is 3. The first kappa shape index (κ1) is 18.8. The number of likely N-dealkylation sites (tertiary alicyclic amines) is 1. The molecule has 1 saturated heterocycles. The second-order valence-corrected chi connectivity index (χ2v) is 7.64. The lowest BCUT2D eigenvalue weighted by Gasteiger charge is -2.36. The standard InChI is InChI=1S/C26H29NO/c1-4-10-22(11-5-1)26(23-12-6-2-7-13-23)24-16-18-27(19-17-24)20-21-28-25-14-8-3-9-15-25/h1-15,24,26H,16-21H2. The van der Waals surface area contributed by atoms with Gasteiger partial charge in [0.2, 0.25) is 0 Å². The van der Waals surface area contributed by atoms with E-state index in [1.807, 2.05) is 30.3 Å². The SMILES string of the molecule is c1ccc(OCCN2CCC(C(c3ccccc3)c3ccccc3)CC2)cc1. The van der Waals surface area contributed by atoms with E-state index in [1.165, 1.54) is 24.0 Å².